The molecule has 0 amide bonds. The second-order valence-electron chi connectivity index (χ2n) is 10.1. The summed E-state index contributed by atoms with van der Waals surface area (Å²) in [7, 11) is 3.18. The lowest BCUT2D eigenvalue weighted by Crippen LogP contribution is -2.43. The quantitative estimate of drug-likeness (QED) is 0.502. The number of nitrogens with zero attached hydrogens (tertiary/aromatic N) is 2. The first-order chi connectivity index (χ1) is 17.7. The standard InChI is InChI=1S/C29H32ClN3O4/c1-29(2)14-22-27(23(34)15-29)26(21(16-31)28(32)33(22)11-12-35-3)19-7-10-24(25(13-19)36-4)37-17-18-5-8-20(30)9-6-18/h5-10,13,26H,11-12,14-15,17,32H2,1-4H3/t26-/m0/s1. The Bertz CT molecular complexity index is 1290. The Kier molecular flexibility index (Phi) is 7.82. The van der Waals surface area contributed by atoms with Crippen molar-refractivity contribution in [3.05, 3.63) is 81.3 Å². The van der Waals surface area contributed by atoms with E-state index in [-0.39, 0.29) is 11.2 Å². The van der Waals surface area contributed by atoms with Gasteiger partial charge in [0.15, 0.2) is 17.3 Å². The first kappa shape index (κ1) is 26.6. The molecule has 37 heavy (non-hydrogen) atoms. The molecule has 194 valence electrons. The molecule has 1 heterocycles. The molecule has 0 aromatic heterocycles. The van der Waals surface area contributed by atoms with Gasteiger partial charge in [0, 0.05) is 36.4 Å². The largest absolute Gasteiger partial charge is 0.493 e. The van der Waals surface area contributed by atoms with E-state index in [1.807, 2.05) is 47.4 Å². The van der Waals surface area contributed by atoms with Gasteiger partial charge < -0.3 is 24.8 Å². The minimum Gasteiger partial charge on any atom is -0.493 e. The second kappa shape index (κ2) is 10.9. The van der Waals surface area contributed by atoms with Crippen molar-refractivity contribution in [1.29, 1.82) is 5.26 Å². The third-order valence-corrected chi connectivity index (χ3v) is 7.09. The van der Waals surface area contributed by atoms with Gasteiger partial charge >= 0.3 is 0 Å². The summed E-state index contributed by atoms with van der Waals surface area (Å²) in [5, 5.41) is 10.8. The van der Waals surface area contributed by atoms with Crippen molar-refractivity contribution >= 4 is 17.4 Å². The molecule has 8 heteroatoms. The Labute approximate surface area is 223 Å². The summed E-state index contributed by atoms with van der Waals surface area (Å²) in [5.41, 5.74) is 9.92. The number of nitriles is 1. The van der Waals surface area contributed by atoms with E-state index in [4.69, 9.17) is 31.5 Å². The van der Waals surface area contributed by atoms with Gasteiger partial charge in [-0.05, 0) is 47.2 Å². The van der Waals surface area contributed by atoms with Crippen LogP contribution in [0, 0.1) is 16.7 Å². The third-order valence-electron chi connectivity index (χ3n) is 6.83. The number of hydrogen-bond donors (Lipinski definition) is 1. The first-order valence-electron chi connectivity index (χ1n) is 12.2. The molecule has 0 bridgehead atoms. The van der Waals surface area contributed by atoms with E-state index in [0.717, 1.165) is 16.8 Å². The van der Waals surface area contributed by atoms with E-state index >= 15 is 0 Å². The minimum absolute atomic E-state index is 0.0287. The van der Waals surface area contributed by atoms with E-state index in [1.165, 1.54) is 0 Å². The highest BCUT2D eigenvalue weighted by Gasteiger charge is 2.44. The zero-order valence-corrected chi connectivity index (χ0v) is 22.4. The van der Waals surface area contributed by atoms with E-state index in [9.17, 15) is 10.1 Å². The highest BCUT2D eigenvalue weighted by atomic mass is 35.5. The highest BCUT2D eigenvalue weighted by molar-refractivity contribution is 6.30. The summed E-state index contributed by atoms with van der Waals surface area (Å²) in [6, 6.07) is 15.2. The molecule has 0 unspecified atom stereocenters. The minimum atomic E-state index is -0.582. The maximum absolute atomic E-state index is 13.6. The van der Waals surface area contributed by atoms with Gasteiger partial charge in [-0.2, -0.15) is 5.26 Å². The van der Waals surface area contributed by atoms with Crippen LogP contribution in [0.25, 0.3) is 0 Å². The van der Waals surface area contributed by atoms with Crippen LogP contribution in [0.3, 0.4) is 0 Å². The maximum atomic E-state index is 13.6. The average molecular weight is 522 g/mol. The van der Waals surface area contributed by atoms with Crippen LogP contribution < -0.4 is 15.2 Å². The van der Waals surface area contributed by atoms with Crippen LogP contribution in [0.2, 0.25) is 5.02 Å². The van der Waals surface area contributed by atoms with Gasteiger partial charge in [-0.25, -0.2) is 0 Å². The van der Waals surface area contributed by atoms with Gasteiger partial charge in [0.1, 0.15) is 12.4 Å². The predicted molar refractivity (Wildman–Crippen MR) is 142 cm³/mol. The molecule has 0 saturated heterocycles. The van der Waals surface area contributed by atoms with Crippen molar-refractivity contribution in [2.75, 3.05) is 27.4 Å². The van der Waals surface area contributed by atoms with Gasteiger partial charge in [-0.3, -0.25) is 4.79 Å². The van der Waals surface area contributed by atoms with Crippen molar-refractivity contribution in [2.45, 2.75) is 39.2 Å². The predicted octanol–water partition coefficient (Wildman–Crippen LogP) is 5.31. The fourth-order valence-electron chi connectivity index (χ4n) is 5.07. The number of ketones is 1. The number of carbonyl (C=O) groups is 1. The third kappa shape index (κ3) is 5.46. The number of nitrogens with two attached hydrogens (primary N) is 1. The van der Waals surface area contributed by atoms with Crippen LogP contribution in [0.5, 0.6) is 11.5 Å². The number of halogens is 1. The monoisotopic (exact) mass is 521 g/mol. The van der Waals surface area contributed by atoms with E-state index in [1.54, 1.807) is 14.2 Å². The summed E-state index contributed by atoms with van der Waals surface area (Å²) in [6.45, 7) is 5.37. The number of Topliss-reactive ketones (excluding diaryl/α,β-unsaturated/α-hetero) is 1. The molecule has 4 rings (SSSR count). The van der Waals surface area contributed by atoms with Gasteiger partial charge in [-0.15, -0.1) is 0 Å². The molecule has 2 aliphatic rings. The van der Waals surface area contributed by atoms with Crippen molar-refractivity contribution < 1.29 is 19.0 Å². The molecule has 1 atom stereocenters. The molecule has 0 fully saturated rings. The summed E-state index contributed by atoms with van der Waals surface area (Å²) >= 11 is 5.98. The number of carbonyl (C=O) groups excluding carboxylic acids is 1. The van der Waals surface area contributed by atoms with Gasteiger partial charge in [-0.1, -0.05) is 43.6 Å². The van der Waals surface area contributed by atoms with Gasteiger partial charge in [0.05, 0.1) is 31.3 Å². The maximum Gasteiger partial charge on any atom is 0.162 e. The lowest BCUT2D eigenvalue weighted by Gasteiger charge is -2.43. The number of methoxy groups -OCH3 is 2. The highest BCUT2D eigenvalue weighted by Crippen LogP contribution is 2.49. The molecule has 0 spiro atoms. The van der Waals surface area contributed by atoms with Crippen LogP contribution in [-0.4, -0.2) is 38.1 Å². The first-order valence-corrected chi connectivity index (χ1v) is 12.5. The summed E-state index contributed by atoms with van der Waals surface area (Å²) in [6.07, 6.45) is 1.08. The summed E-state index contributed by atoms with van der Waals surface area (Å²) < 4.78 is 17.0. The Hall–Kier alpha value is -3.47. The number of rotatable bonds is 8. The molecule has 0 radical (unpaired) electrons. The Balaban J connectivity index is 1.74. The molecular weight excluding hydrogens is 490 g/mol. The fourth-order valence-corrected chi connectivity index (χ4v) is 5.20. The molecule has 2 aromatic rings. The van der Waals surface area contributed by atoms with E-state index in [0.29, 0.717) is 66.1 Å². The number of allylic oxidation sites excluding steroid dienone is 3. The topological polar surface area (TPSA) is 97.8 Å². The molecule has 2 N–H and O–H groups in total. The molecule has 7 nitrogen and oxygen atoms in total. The second-order valence-corrected chi connectivity index (χ2v) is 10.6. The lowest BCUT2D eigenvalue weighted by molar-refractivity contribution is -0.118. The molecule has 1 aliphatic carbocycles. The van der Waals surface area contributed by atoms with Crippen LogP contribution in [-0.2, 0) is 16.1 Å². The lowest BCUT2D eigenvalue weighted by atomic mass is 9.68. The Morgan fingerprint density at radius 1 is 1.14 bits per heavy atom. The Morgan fingerprint density at radius 3 is 2.51 bits per heavy atom. The van der Waals surface area contributed by atoms with Crippen LogP contribution in [0.4, 0.5) is 0 Å². The van der Waals surface area contributed by atoms with Crippen molar-refractivity contribution in [3.8, 4) is 17.6 Å². The van der Waals surface area contributed by atoms with Crippen molar-refractivity contribution in [1.82, 2.24) is 4.90 Å². The fraction of sp³-hybridized carbons (Fsp3) is 0.379. The molecule has 0 saturated carbocycles. The number of ether oxygens (including phenoxy) is 3. The Morgan fingerprint density at radius 2 is 1.86 bits per heavy atom. The average Bonchev–Trinajstić information content (AvgIpc) is 2.86. The number of hydrogen-bond acceptors (Lipinski definition) is 7. The van der Waals surface area contributed by atoms with Crippen molar-refractivity contribution in [3.63, 3.8) is 0 Å². The molecular formula is C29H32ClN3O4. The van der Waals surface area contributed by atoms with Crippen LogP contribution >= 0.6 is 11.6 Å². The summed E-state index contributed by atoms with van der Waals surface area (Å²) in [4.78, 5) is 15.4. The van der Waals surface area contributed by atoms with Crippen molar-refractivity contribution in [2.24, 2.45) is 11.1 Å². The van der Waals surface area contributed by atoms with E-state index < -0.39 is 5.92 Å². The van der Waals surface area contributed by atoms with Gasteiger partial charge in [0.2, 0.25) is 0 Å². The van der Waals surface area contributed by atoms with Gasteiger partial charge in [0.25, 0.3) is 0 Å². The zero-order valence-electron chi connectivity index (χ0n) is 21.6. The normalized spacial score (nSPS) is 19.0. The van der Waals surface area contributed by atoms with Crippen LogP contribution in [0.1, 0.15) is 43.7 Å². The number of benzene rings is 2. The zero-order chi connectivity index (χ0) is 26.7. The molecule has 2 aromatic carbocycles. The smallest absolute Gasteiger partial charge is 0.162 e. The van der Waals surface area contributed by atoms with Crippen LogP contribution in [0.15, 0.2) is 65.1 Å². The van der Waals surface area contributed by atoms with E-state index in [2.05, 4.69) is 19.9 Å². The summed E-state index contributed by atoms with van der Waals surface area (Å²) in [5.74, 6) is 0.868. The SMILES string of the molecule is COCCN1C(N)=C(C#N)[C@H](c2ccc(OCc3ccc(Cl)cc3)c(OC)c2)C2=C1CC(C)(C)CC2=O. The molecule has 1 aliphatic heterocycles.